The second kappa shape index (κ2) is 9.31. The SMILES string of the molecule is CCNc1cc(CN(CC)CCOCC)ccc1[N+](=O)[O-]. The van der Waals surface area contributed by atoms with Gasteiger partial charge in [0.15, 0.2) is 0 Å². The Morgan fingerprint density at radius 3 is 2.67 bits per heavy atom. The van der Waals surface area contributed by atoms with Crippen LogP contribution in [0.3, 0.4) is 0 Å². The Labute approximate surface area is 126 Å². The van der Waals surface area contributed by atoms with E-state index in [1.807, 2.05) is 26.0 Å². The van der Waals surface area contributed by atoms with Crippen molar-refractivity contribution in [1.29, 1.82) is 0 Å². The molecule has 0 aliphatic carbocycles. The van der Waals surface area contributed by atoms with Crippen molar-refractivity contribution >= 4 is 11.4 Å². The van der Waals surface area contributed by atoms with E-state index in [-0.39, 0.29) is 10.6 Å². The van der Waals surface area contributed by atoms with E-state index in [0.29, 0.717) is 18.8 Å². The highest BCUT2D eigenvalue weighted by molar-refractivity contribution is 5.62. The average molecular weight is 295 g/mol. The van der Waals surface area contributed by atoms with Crippen molar-refractivity contribution in [2.45, 2.75) is 27.3 Å². The maximum absolute atomic E-state index is 11.0. The third-order valence-electron chi connectivity index (χ3n) is 3.23. The molecular weight excluding hydrogens is 270 g/mol. The molecule has 0 heterocycles. The first-order valence-corrected chi connectivity index (χ1v) is 7.43. The van der Waals surface area contributed by atoms with E-state index in [9.17, 15) is 10.1 Å². The maximum Gasteiger partial charge on any atom is 0.292 e. The van der Waals surface area contributed by atoms with Gasteiger partial charge in [-0.15, -0.1) is 0 Å². The summed E-state index contributed by atoms with van der Waals surface area (Å²) in [5, 5.41) is 14.1. The first-order chi connectivity index (χ1) is 10.1. The first kappa shape index (κ1) is 17.4. The van der Waals surface area contributed by atoms with E-state index in [1.165, 1.54) is 0 Å². The molecule has 0 amide bonds. The molecule has 1 aromatic carbocycles. The summed E-state index contributed by atoms with van der Waals surface area (Å²) in [5.41, 5.74) is 1.77. The molecule has 0 unspecified atom stereocenters. The molecule has 0 fully saturated rings. The van der Waals surface area contributed by atoms with E-state index in [0.717, 1.165) is 31.8 Å². The first-order valence-electron chi connectivity index (χ1n) is 7.43. The van der Waals surface area contributed by atoms with Gasteiger partial charge in [-0.25, -0.2) is 0 Å². The van der Waals surface area contributed by atoms with Crippen LogP contribution in [0.1, 0.15) is 26.3 Å². The Kier molecular flexibility index (Phi) is 7.71. The predicted molar refractivity (Wildman–Crippen MR) is 84.7 cm³/mol. The van der Waals surface area contributed by atoms with Gasteiger partial charge in [0.1, 0.15) is 5.69 Å². The third-order valence-corrected chi connectivity index (χ3v) is 3.23. The molecule has 6 nitrogen and oxygen atoms in total. The number of likely N-dealkylation sites (N-methyl/N-ethyl adjacent to an activating group) is 1. The van der Waals surface area contributed by atoms with Crippen molar-refractivity contribution in [3.8, 4) is 0 Å². The molecular formula is C15H25N3O3. The Hall–Kier alpha value is -1.66. The van der Waals surface area contributed by atoms with Crippen LogP contribution in [0.4, 0.5) is 11.4 Å². The van der Waals surface area contributed by atoms with Crippen LogP contribution in [-0.4, -0.2) is 42.7 Å². The van der Waals surface area contributed by atoms with Crippen molar-refractivity contribution in [3.63, 3.8) is 0 Å². The number of hydrogen-bond acceptors (Lipinski definition) is 5. The molecule has 0 saturated heterocycles. The molecule has 0 bridgehead atoms. The summed E-state index contributed by atoms with van der Waals surface area (Å²) in [6, 6.07) is 5.26. The number of anilines is 1. The number of nitro benzene ring substituents is 1. The minimum absolute atomic E-state index is 0.123. The van der Waals surface area contributed by atoms with E-state index in [4.69, 9.17) is 4.74 Å². The lowest BCUT2D eigenvalue weighted by Gasteiger charge is -2.20. The highest BCUT2D eigenvalue weighted by atomic mass is 16.6. The molecule has 0 aromatic heterocycles. The fourth-order valence-electron chi connectivity index (χ4n) is 2.12. The molecule has 1 rings (SSSR count). The topological polar surface area (TPSA) is 67.6 Å². The monoisotopic (exact) mass is 295 g/mol. The largest absolute Gasteiger partial charge is 0.380 e. The Morgan fingerprint density at radius 1 is 1.33 bits per heavy atom. The lowest BCUT2D eigenvalue weighted by Crippen LogP contribution is -2.27. The van der Waals surface area contributed by atoms with Gasteiger partial charge in [0.05, 0.1) is 11.5 Å². The molecule has 21 heavy (non-hydrogen) atoms. The van der Waals surface area contributed by atoms with Crippen molar-refractivity contribution in [2.75, 3.05) is 38.2 Å². The Morgan fingerprint density at radius 2 is 2.10 bits per heavy atom. The molecule has 0 saturated carbocycles. The van der Waals surface area contributed by atoms with Gasteiger partial charge in [-0.3, -0.25) is 15.0 Å². The summed E-state index contributed by atoms with van der Waals surface area (Å²) < 4.78 is 5.37. The van der Waals surface area contributed by atoms with Crippen molar-refractivity contribution in [3.05, 3.63) is 33.9 Å². The van der Waals surface area contributed by atoms with Crippen molar-refractivity contribution in [1.82, 2.24) is 4.90 Å². The lowest BCUT2D eigenvalue weighted by molar-refractivity contribution is -0.384. The van der Waals surface area contributed by atoms with Gasteiger partial charge in [0.25, 0.3) is 5.69 Å². The zero-order valence-electron chi connectivity index (χ0n) is 13.1. The lowest BCUT2D eigenvalue weighted by atomic mass is 10.1. The molecule has 1 aromatic rings. The zero-order chi connectivity index (χ0) is 15.7. The molecule has 6 heteroatoms. The Bertz CT molecular complexity index is 452. The van der Waals surface area contributed by atoms with Crippen molar-refractivity contribution in [2.24, 2.45) is 0 Å². The van der Waals surface area contributed by atoms with Crippen LogP contribution >= 0.6 is 0 Å². The van der Waals surface area contributed by atoms with Gasteiger partial charge < -0.3 is 10.1 Å². The zero-order valence-corrected chi connectivity index (χ0v) is 13.1. The number of hydrogen-bond donors (Lipinski definition) is 1. The fraction of sp³-hybridized carbons (Fsp3) is 0.600. The highest BCUT2D eigenvalue weighted by Gasteiger charge is 2.14. The van der Waals surface area contributed by atoms with Crippen LogP contribution in [0.15, 0.2) is 18.2 Å². The molecule has 0 atom stereocenters. The van der Waals surface area contributed by atoms with Crippen LogP contribution in [-0.2, 0) is 11.3 Å². The van der Waals surface area contributed by atoms with Crippen LogP contribution in [0.25, 0.3) is 0 Å². The minimum Gasteiger partial charge on any atom is -0.380 e. The third kappa shape index (κ3) is 5.69. The maximum atomic E-state index is 11.0. The molecule has 1 N–H and O–H groups in total. The minimum atomic E-state index is -0.353. The second-order valence-electron chi connectivity index (χ2n) is 4.70. The van der Waals surface area contributed by atoms with Gasteiger partial charge in [-0.1, -0.05) is 13.0 Å². The summed E-state index contributed by atoms with van der Waals surface area (Å²) in [7, 11) is 0. The number of nitrogens with zero attached hydrogens (tertiary/aromatic N) is 2. The summed E-state index contributed by atoms with van der Waals surface area (Å²) in [6.45, 7) is 10.6. The Balaban J connectivity index is 2.77. The second-order valence-corrected chi connectivity index (χ2v) is 4.70. The quantitative estimate of drug-likeness (QED) is 0.408. The molecule has 118 valence electrons. The molecule has 0 spiro atoms. The summed E-state index contributed by atoms with van der Waals surface area (Å²) in [5.74, 6) is 0. The number of nitrogens with one attached hydrogen (secondary N) is 1. The standard InChI is InChI=1S/C15H25N3O3/c1-4-16-14-11-13(7-8-15(14)18(19)20)12-17(5-2)9-10-21-6-3/h7-8,11,16H,4-6,9-10,12H2,1-3H3. The summed E-state index contributed by atoms with van der Waals surface area (Å²) in [6.07, 6.45) is 0. The normalized spacial score (nSPS) is 10.9. The van der Waals surface area contributed by atoms with E-state index in [1.54, 1.807) is 6.07 Å². The number of nitro groups is 1. The van der Waals surface area contributed by atoms with Crippen LogP contribution in [0, 0.1) is 10.1 Å². The smallest absolute Gasteiger partial charge is 0.292 e. The van der Waals surface area contributed by atoms with Gasteiger partial charge in [-0.2, -0.15) is 0 Å². The fourth-order valence-corrected chi connectivity index (χ4v) is 2.12. The van der Waals surface area contributed by atoms with Crippen LogP contribution in [0.5, 0.6) is 0 Å². The average Bonchev–Trinajstić information content (AvgIpc) is 2.46. The van der Waals surface area contributed by atoms with Gasteiger partial charge in [0.2, 0.25) is 0 Å². The summed E-state index contributed by atoms with van der Waals surface area (Å²) in [4.78, 5) is 12.9. The van der Waals surface area contributed by atoms with Crippen LogP contribution in [0.2, 0.25) is 0 Å². The summed E-state index contributed by atoms with van der Waals surface area (Å²) >= 11 is 0. The highest BCUT2D eigenvalue weighted by Crippen LogP contribution is 2.25. The number of rotatable bonds is 10. The molecule has 0 aliphatic heterocycles. The predicted octanol–water partition coefficient (Wildman–Crippen LogP) is 2.89. The van der Waals surface area contributed by atoms with E-state index in [2.05, 4.69) is 17.1 Å². The van der Waals surface area contributed by atoms with Gasteiger partial charge in [-0.05, 0) is 32.0 Å². The van der Waals surface area contributed by atoms with Gasteiger partial charge in [0, 0.05) is 32.3 Å². The van der Waals surface area contributed by atoms with Crippen LogP contribution < -0.4 is 5.32 Å². The van der Waals surface area contributed by atoms with E-state index >= 15 is 0 Å². The molecule has 0 radical (unpaired) electrons. The number of ether oxygens (including phenoxy) is 1. The molecule has 0 aliphatic rings. The van der Waals surface area contributed by atoms with Gasteiger partial charge >= 0.3 is 0 Å². The van der Waals surface area contributed by atoms with E-state index < -0.39 is 0 Å². The number of benzene rings is 1. The van der Waals surface area contributed by atoms with Crippen molar-refractivity contribution < 1.29 is 9.66 Å².